The number of amides is 1. The number of carbonyl (C=O) groups is 1. The van der Waals surface area contributed by atoms with E-state index in [0.717, 1.165) is 18.8 Å². The average Bonchev–Trinajstić information content (AvgIpc) is 2.66. The Balaban J connectivity index is 1.75. The van der Waals surface area contributed by atoms with Crippen molar-refractivity contribution in [2.45, 2.75) is 38.1 Å². The zero-order valence-corrected chi connectivity index (χ0v) is 19.3. The average molecular weight is 450 g/mol. The van der Waals surface area contributed by atoms with Crippen molar-refractivity contribution in [2.24, 2.45) is 0 Å². The molecule has 1 amide bonds. The van der Waals surface area contributed by atoms with Gasteiger partial charge in [-0.05, 0) is 63.6 Å². The van der Waals surface area contributed by atoms with Crippen LogP contribution in [0.5, 0.6) is 0 Å². The lowest BCUT2D eigenvalue weighted by molar-refractivity contribution is 0.0746. The van der Waals surface area contributed by atoms with E-state index in [-0.39, 0.29) is 15.8 Å². The van der Waals surface area contributed by atoms with Gasteiger partial charge in [-0.3, -0.25) is 4.79 Å². The number of aryl methyl sites for hydroxylation is 1. The summed E-state index contributed by atoms with van der Waals surface area (Å²) in [5, 5.41) is 0.0903. The van der Waals surface area contributed by atoms with Gasteiger partial charge in [-0.15, -0.1) is 0 Å². The Morgan fingerprint density at radius 3 is 2.30 bits per heavy atom. The van der Waals surface area contributed by atoms with Crippen LogP contribution in [0.1, 0.15) is 36.7 Å². The molecule has 0 aromatic heterocycles. The SMILES string of the molecule is Cc1cccc(N2CCN(C(=O)c3ccc(Cl)c(S(=O)(=O)NC(C)(C)C)c3)CC2)c1. The molecule has 0 spiro atoms. The van der Waals surface area contributed by atoms with E-state index in [1.165, 1.54) is 17.7 Å². The molecule has 0 aliphatic carbocycles. The molecule has 2 aromatic carbocycles. The number of piperazine rings is 1. The molecule has 0 unspecified atom stereocenters. The number of hydrogen-bond donors (Lipinski definition) is 1. The normalized spacial score (nSPS) is 15.4. The fraction of sp³-hybridized carbons (Fsp3) is 0.409. The number of benzene rings is 2. The van der Waals surface area contributed by atoms with E-state index in [1.54, 1.807) is 31.7 Å². The molecule has 0 radical (unpaired) electrons. The first-order chi connectivity index (χ1) is 14.0. The molecule has 1 fully saturated rings. The second-order valence-electron chi connectivity index (χ2n) is 8.62. The molecule has 1 aliphatic heterocycles. The topological polar surface area (TPSA) is 69.7 Å². The second kappa shape index (κ2) is 8.57. The maximum Gasteiger partial charge on any atom is 0.254 e. The van der Waals surface area contributed by atoms with Crippen LogP contribution in [0.15, 0.2) is 47.4 Å². The van der Waals surface area contributed by atoms with Crippen molar-refractivity contribution in [2.75, 3.05) is 31.1 Å². The van der Waals surface area contributed by atoms with Gasteiger partial charge in [0.05, 0.1) is 5.02 Å². The van der Waals surface area contributed by atoms with E-state index >= 15 is 0 Å². The molecule has 3 rings (SSSR count). The van der Waals surface area contributed by atoms with Crippen LogP contribution in [0.4, 0.5) is 5.69 Å². The molecule has 30 heavy (non-hydrogen) atoms. The van der Waals surface area contributed by atoms with Crippen molar-refractivity contribution in [1.29, 1.82) is 0 Å². The Kier molecular flexibility index (Phi) is 6.45. The van der Waals surface area contributed by atoms with E-state index in [0.29, 0.717) is 18.7 Å². The van der Waals surface area contributed by atoms with Gasteiger partial charge in [0.2, 0.25) is 10.0 Å². The number of carbonyl (C=O) groups excluding carboxylic acids is 1. The summed E-state index contributed by atoms with van der Waals surface area (Å²) < 4.78 is 28.0. The molecular weight excluding hydrogens is 422 g/mol. The van der Waals surface area contributed by atoms with Crippen molar-refractivity contribution in [3.63, 3.8) is 0 Å². The summed E-state index contributed by atoms with van der Waals surface area (Å²) in [6.07, 6.45) is 0. The third kappa shape index (κ3) is 5.33. The molecule has 162 valence electrons. The molecule has 1 saturated heterocycles. The molecule has 8 heteroatoms. The van der Waals surface area contributed by atoms with Crippen molar-refractivity contribution in [1.82, 2.24) is 9.62 Å². The minimum Gasteiger partial charge on any atom is -0.368 e. The van der Waals surface area contributed by atoms with Gasteiger partial charge in [-0.25, -0.2) is 13.1 Å². The summed E-state index contributed by atoms with van der Waals surface area (Å²) in [7, 11) is -3.85. The van der Waals surface area contributed by atoms with Gasteiger partial charge in [-0.1, -0.05) is 23.7 Å². The third-order valence-corrected chi connectivity index (χ3v) is 7.08. The summed E-state index contributed by atoms with van der Waals surface area (Å²) >= 11 is 6.15. The minimum absolute atomic E-state index is 0.0802. The Labute approximate surface area is 183 Å². The molecule has 1 N–H and O–H groups in total. The monoisotopic (exact) mass is 449 g/mol. The predicted molar refractivity (Wildman–Crippen MR) is 121 cm³/mol. The minimum atomic E-state index is -3.85. The molecule has 0 atom stereocenters. The lowest BCUT2D eigenvalue weighted by atomic mass is 10.1. The number of nitrogens with one attached hydrogen (secondary N) is 1. The van der Waals surface area contributed by atoms with Crippen LogP contribution in [0.3, 0.4) is 0 Å². The molecule has 6 nitrogen and oxygen atoms in total. The number of sulfonamides is 1. The fourth-order valence-corrected chi connectivity index (χ4v) is 5.42. The lowest BCUT2D eigenvalue weighted by Crippen LogP contribution is -2.48. The van der Waals surface area contributed by atoms with E-state index in [2.05, 4.69) is 34.7 Å². The predicted octanol–water partition coefficient (Wildman–Crippen LogP) is 3.69. The van der Waals surface area contributed by atoms with Crippen LogP contribution in [0, 0.1) is 6.92 Å². The maximum atomic E-state index is 13.0. The quantitative estimate of drug-likeness (QED) is 0.772. The van der Waals surface area contributed by atoms with Crippen LogP contribution in [0.2, 0.25) is 5.02 Å². The fourth-order valence-electron chi connectivity index (χ4n) is 3.48. The number of rotatable bonds is 4. The van der Waals surface area contributed by atoms with Crippen molar-refractivity contribution >= 4 is 33.2 Å². The number of halogens is 1. The van der Waals surface area contributed by atoms with Gasteiger partial charge in [0.25, 0.3) is 5.91 Å². The zero-order chi connectivity index (χ0) is 22.1. The van der Waals surface area contributed by atoms with Gasteiger partial charge in [0, 0.05) is 43.0 Å². The molecule has 1 heterocycles. The summed E-state index contributed by atoms with van der Waals surface area (Å²) in [6, 6.07) is 12.7. The van der Waals surface area contributed by atoms with E-state index in [4.69, 9.17) is 11.6 Å². The highest BCUT2D eigenvalue weighted by Gasteiger charge is 2.27. The standard InChI is InChI=1S/C22H28ClN3O3S/c1-16-6-5-7-18(14-16)25-10-12-26(13-11-25)21(27)17-8-9-19(23)20(15-17)30(28,29)24-22(2,3)4/h5-9,14-15,24H,10-13H2,1-4H3. The molecule has 1 aliphatic rings. The van der Waals surface area contributed by atoms with Crippen molar-refractivity contribution in [3.05, 3.63) is 58.6 Å². The van der Waals surface area contributed by atoms with Crippen LogP contribution in [-0.4, -0.2) is 50.9 Å². The second-order valence-corrected chi connectivity index (χ2v) is 10.7. The van der Waals surface area contributed by atoms with E-state index in [9.17, 15) is 13.2 Å². The lowest BCUT2D eigenvalue weighted by Gasteiger charge is -2.36. The smallest absolute Gasteiger partial charge is 0.254 e. The first-order valence-electron chi connectivity index (χ1n) is 9.91. The molecule has 2 aromatic rings. The summed E-state index contributed by atoms with van der Waals surface area (Å²) in [4.78, 5) is 16.9. The number of hydrogen-bond acceptors (Lipinski definition) is 4. The largest absolute Gasteiger partial charge is 0.368 e. The van der Waals surface area contributed by atoms with Crippen LogP contribution in [-0.2, 0) is 10.0 Å². The van der Waals surface area contributed by atoms with Crippen LogP contribution >= 0.6 is 11.6 Å². The first kappa shape index (κ1) is 22.6. The Morgan fingerprint density at radius 1 is 1.03 bits per heavy atom. The van der Waals surface area contributed by atoms with Crippen LogP contribution < -0.4 is 9.62 Å². The highest BCUT2D eigenvalue weighted by Crippen LogP contribution is 2.25. The zero-order valence-electron chi connectivity index (χ0n) is 17.8. The van der Waals surface area contributed by atoms with Crippen LogP contribution in [0.25, 0.3) is 0 Å². The highest BCUT2D eigenvalue weighted by molar-refractivity contribution is 7.89. The Hall–Kier alpha value is -2.09. The van der Waals surface area contributed by atoms with Crippen molar-refractivity contribution in [3.8, 4) is 0 Å². The number of nitrogens with zero attached hydrogens (tertiary/aromatic N) is 2. The summed E-state index contributed by atoms with van der Waals surface area (Å²) in [5.74, 6) is -0.192. The summed E-state index contributed by atoms with van der Waals surface area (Å²) in [5.41, 5.74) is 2.01. The Morgan fingerprint density at radius 2 is 1.70 bits per heavy atom. The number of anilines is 1. The van der Waals surface area contributed by atoms with E-state index < -0.39 is 15.6 Å². The van der Waals surface area contributed by atoms with Gasteiger partial charge in [-0.2, -0.15) is 0 Å². The highest BCUT2D eigenvalue weighted by atomic mass is 35.5. The molecule has 0 bridgehead atoms. The maximum absolute atomic E-state index is 13.0. The third-order valence-electron chi connectivity index (χ3n) is 4.84. The summed E-state index contributed by atoms with van der Waals surface area (Å²) in [6.45, 7) is 9.89. The van der Waals surface area contributed by atoms with Gasteiger partial charge >= 0.3 is 0 Å². The Bertz CT molecular complexity index is 1040. The molecule has 0 saturated carbocycles. The van der Waals surface area contributed by atoms with E-state index in [1.807, 2.05) is 6.07 Å². The first-order valence-corrected chi connectivity index (χ1v) is 11.8. The van der Waals surface area contributed by atoms with Gasteiger partial charge in [0.15, 0.2) is 0 Å². The van der Waals surface area contributed by atoms with Crippen molar-refractivity contribution < 1.29 is 13.2 Å². The van der Waals surface area contributed by atoms with Gasteiger partial charge in [0.1, 0.15) is 4.90 Å². The molecular formula is C22H28ClN3O3S. The van der Waals surface area contributed by atoms with Gasteiger partial charge < -0.3 is 9.80 Å².